The van der Waals surface area contributed by atoms with E-state index in [1.165, 1.54) is 6.07 Å². The number of rotatable bonds is 5. The van der Waals surface area contributed by atoms with Gasteiger partial charge >= 0.3 is 6.09 Å². The van der Waals surface area contributed by atoms with Gasteiger partial charge in [0.15, 0.2) is 0 Å². The number of anilines is 2. The number of amides is 1. The van der Waals surface area contributed by atoms with Crippen molar-refractivity contribution in [1.29, 1.82) is 0 Å². The van der Waals surface area contributed by atoms with E-state index in [1.807, 2.05) is 0 Å². The van der Waals surface area contributed by atoms with Crippen LogP contribution in [0.5, 0.6) is 0 Å². The molecule has 0 spiro atoms. The zero-order chi connectivity index (χ0) is 17.7. The van der Waals surface area contributed by atoms with Crippen LogP contribution in [0, 0.1) is 6.92 Å². The third-order valence-corrected chi connectivity index (χ3v) is 4.86. The van der Waals surface area contributed by atoms with Gasteiger partial charge in [0.05, 0.1) is 11.5 Å². The van der Waals surface area contributed by atoms with E-state index >= 15 is 0 Å². The molecule has 0 fully saturated rings. The van der Waals surface area contributed by atoms with Gasteiger partial charge in [0.1, 0.15) is 0 Å². The van der Waals surface area contributed by atoms with Gasteiger partial charge in [-0.25, -0.2) is 13.2 Å². The van der Waals surface area contributed by atoms with Crippen molar-refractivity contribution in [2.75, 3.05) is 16.6 Å². The van der Waals surface area contributed by atoms with Crippen LogP contribution in [0.4, 0.5) is 16.2 Å². The van der Waals surface area contributed by atoms with Gasteiger partial charge in [-0.05, 0) is 55.8 Å². The van der Waals surface area contributed by atoms with Gasteiger partial charge in [0.2, 0.25) is 0 Å². The first-order valence-corrected chi connectivity index (χ1v) is 9.01. The van der Waals surface area contributed by atoms with Gasteiger partial charge in [0, 0.05) is 16.4 Å². The molecule has 0 saturated carbocycles. The van der Waals surface area contributed by atoms with Crippen molar-refractivity contribution in [2.45, 2.75) is 18.7 Å². The quantitative estimate of drug-likeness (QED) is 0.834. The fourth-order valence-electron chi connectivity index (χ4n) is 1.98. The van der Waals surface area contributed by atoms with E-state index in [0.717, 1.165) is 0 Å². The van der Waals surface area contributed by atoms with Crippen LogP contribution in [0.25, 0.3) is 0 Å². The zero-order valence-electron chi connectivity index (χ0n) is 13.2. The predicted octanol–water partition coefficient (Wildman–Crippen LogP) is 4.02. The van der Waals surface area contributed by atoms with E-state index in [2.05, 4.69) is 10.0 Å². The summed E-state index contributed by atoms with van der Waals surface area (Å²) in [7, 11) is -3.76. The topological polar surface area (TPSA) is 84.5 Å². The Morgan fingerprint density at radius 1 is 1.12 bits per heavy atom. The Morgan fingerprint density at radius 2 is 1.75 bits per heavy atom. The van der Waals surface area contributed by atoms with Crippen molar-refractivity contribution in [3.63, 3.8) is 0 Å². The molecule has 1 amide bonds. The molecule has 0 saturated heterocycles. The summed E-state index contributed by atoms with van der Waals surface area (Å²) in [5, 5.41) is 2.87. The first-order valence-electron chi connectivity index (χ1n) is 7.14. The second-order valence-electron chi connectivity index (χ2n) is 4.94. The molecule has 6 nitrogen and oxygen atoms in total. The largest absolute Gasteiger partial charge is 0.450 e. The maximum absolute atomic E-state index is 12.5. The number of halogens is 1. The van der Waals surface area contributed by atoms with Crippen LogP contribution in [-0.2, 0) is 14.8 Å². The maximum Gasteiger partial charge on any atom is 0.411 e. The molecule has 2 N–H and O–H groups in total. The van der Waals surface area contributed by atoms with Gasteiger partial charge in [-0.15, -0.1) is 0 Å². The molecule has 2 aromatic carbocycles. The summed E-state index contributed by atoms with van der Waals surface area (Å²) >= 11 is 5.88. The Kier molecular flexibility index (Phi) is 5.69. The lowest BCUT2D eigenvalue weighted by atomic mass is 10.2. The van der Waals surface area contributed by atoms with Gasteiger partial charge in [-0.3, -0.25) is 10.0 Å². The molecule has 2 aromatic rings. The summed E-state index contributed by atoms with van der Waals surface area (Å²) in [4.78, 5) is 11.4. The van der Waals surface area contributed by atoms with Crippen molar-refractivity contribution in [2.24, 2.45) is 0 Å². The van der Waals surface area contributed by atoms with E-state index in [4.69, 9.17) is 16.3 Å². The standard InChI is InChI=1S/C16H17ClN2O4S/c1-3-23-16(20)18-13-6-8-14(9-7-13)19-24(21,22)15-10-12(17)5-4-11(15)2/h4-10,19H,3H2,1-2H3,(H,18,20). The van der Waals surface area contributed by atoms with E-state index < -0.39 is 16.1 Å². The van der Waals surface area contributed by atoms with E-state index in [0.29, 0.717) is 22.0 Å². The number of aryl methyl sites for hydroxylation is 1. The number of benzene rings is 2. The van der Waals surface area contributed by atoms with E-state index in [-0.39, 0.29) is 11.5 Å². The molecule has 0 bridgehead atoms. The minimum atomic E-state index is -3.76. The molecule has 0 unspecified atom stereocenters. The van der Waals surface area contributed by atoms with Crippen LogP contribution < -0.4 is 10.0 Å². The van der Waals surface area contributed by atoms with Gasteiger partial charge < -0.3 is 4.74 Å². The molecule has 0 aromatic heterocycles. The summed E-state index contributed by atoms with van der Waals surface area (Å²) in [5.41, 5.74) is 1.45. The molecule has 0 aliphatic carbocycles. The van der Waals surface area contributed by atoms with Crippen molar-refractivity contribution in [1.82, 2.24) is 0 Å². The number of sulfonamides is 1. The number of ether oxygens (including phenoxy) is 1. The third kappa shape index (κ3) is 4.62. The van der Waals surface area contributed by atoms with E-state index in [1.54, 1.807) is 50.2 Å². The van der Waals surface area contributed by atoms with Crippen LogP contribution in [0.15, 0.2) is 47.4 Å². The summed E-state index contributed by atoms with van der Waals surface area (Å²) in [6.45, 7) is 3.66. The van der Waals surface area contributed by atoms with Crippen molar-refractivity contribution >= 4 is 39.1 Å². The summed E-state index contributed by atoms with van der Waals surface area (Å²) in [6, 6.07) is 10.9. The molecular weight excluding hydrogens is 352 g/mol. The van der Waals surface area contributed by atoms with Crippen LogP contribution in [0.2, 0.25) is 5.02 Å². The molecule has 128 valence electrons. The highest BCUT2D eigenvalue weighted by atomic mass is 35.5. The fourth-order valence-corrected chi connectivity index (χ4v) is 3.55. The first-order chi connectivity index (χ1) is 11.3. The van der Waals surface area contributed by atoms with Crippen LogP contribution >= 0.6 is 11.6 Å². The highest BCUT2D eigenvalue weighted by Gasteiger charge is 2.17. The lowest BCUT2D eigenvalue weighted by molar-refractivity contribution is 0.168. The molecule has 0 heterocycles. The molecule has 8 heteroatoms. The molecule has 0 aliphatic rings. The lowest BCUT2D eigenvalue weighted by Crippen LogP contribution is -2.15. The zero-order valence-corrected chi connectivity index (χ0v) is 14.7. The van der Waals surface area contributed by atoms with Crippen LogP contribution in [-0.4, -0.2) is 21.1 Å². The Balaban J connectivity index is 2.15. The third-order valence-electron chi connectivity index (χ3n) is 3.10. The second kappa shape index (κ2) is 7.55. The number of carbonyl (C=O) groups is 1. The Labute approximate surface area is 145 Å². The maximum atomic E-state index is 12.5. The Hall–Kier alpha value is -2.25. The van der Waals surface area contributed by atoms with Gasteiger partial charge in [-0.2, -0.15) is 0 Å². The SMILES string of the molecule is CCOC(=O)Nc1ccc(NS(=O)(=O)c2cc(Cl)ccc2C)cc1. The molecule has 0 atom stereocenters. The Morgan fingerprint density at radius 3 is 2.38 bits per heavy atom. The number of hydrogen-bond donors (Lipinski definition) is 2. The number of hydrogen-bond acceptors (Lipinski definition) is 4. The molecule has 2 rings (SSSR count). The highest BCUT2D eigenvalue weighted by molar-refractivity contribution is 7.92. The minimum Gasteiger partial charge on any atom is -0.450 e. The van der Waals surface area contributed by atoms with Gasteiger partial charge in [-0.1, -0.05) is 17.7 Å². The number of nitrogens with one attached hydrogen (secondary N) is 2. The van der Waals surface area contributed by atoms with Crippen molar-refractivity contribution < 1.29 is 17.9 Å². The van der Waals surface area contributed by atoms with Crippen molar-refractivity contribution in [3.8, 4) is 0 Å². The average molecular weight is 369 g/mol. The normalized spacial score (nSPS) is 11.0. The number of carbonyl (C=O) groups excluding carboxylic acids is 1. The second-order valence-corrected chi connectivity index (χ2v) is 7.03. The van der Waals surface area contributed by atoms with E-state index in [9.17, 15) is 13.2 Å². The average Bonchev–Trinajstić information content (AvgIpc) is 2.51. The smallest absolute Gasteiger partial charge is 0.411 e. The monoisotopic (exact) mass is 368 g/mol. The summed E-state index contributed by atoms with van der Waals surface area (Å²) < 4.78 is 32.2. The van der Waals surface area contributed by atoms with Crippen LogP contribution in [0.1, 0.15) is 12.5 Å². The Bertz CT molecular complexity index is 836. The lowest BCUT2D eigenvalue weighted by Gasteiger charge is -2.11. The molecular formula is C16H17ClN2O4S. The minimum absolute atomic E-state index is 0.115. The highest BCUT2D eigenvalue weighted by Crippen LogP contribution is 2.23. The summed E-state index contributed by atoms with van der Waals surface area (Å²) in [6.07, 6.45) is -0.569. The first kappa shape index (κ1) is 18.1. The van der Waals surface area contributed by atoms with Crippen LogP contribution in [0.3, 0.4) is 0 Å². The molecule has 0 aliphatic heterocycles. The fraction of sp³-hybridized carbons (Fsp3) is 0.188. The molecule has 24 heavy (non-hydrogen) atoms. The van der Waals surface area contributed by atoms with Crippen molar-refractivity contribution in [3.05, 3.63) is 53.1 Å². The van der Waals surface area contributed by atoms with Gasteiger partial charge in [0.25, 0.3) is 10.0 Å². The summed E-state index contributed by atoms with van der Waals surface area (Å²) in [5.74, 6) is 0. The molecule has 0 radical (unpaired) electrons. The predicted molar refractivity (Wildman–Crippen MR) is 94.1 cm³/mol.